The van der Waals surface area contributed by atoms with Gasteiger partial charge in [0.15, 0.2) is 0 Å². The predicted molar refractivity (Wildman–Crippen MR) is 146 cm³/mol. The van der Waals surface area contributed by atoms with Crippen molar-refractivity contribution in [3.05, 3.63) is 89.0 Å². The first-order chi connectivity index (χ1) is 17.8. The smallest absolute Gasteiger partial charge is 0.217 e. The largest absolute Gasteiger partial charge is 0.481 e. The summed E-state index contributed by atoms with van der Waals surface area (Å²) in [6, 6.07) is 21.8. The van der Waals surface area contributed by atoms with Crippen molar-refractivity contribution in [1.29, 1.82) is 0 Å². The lowest BCUT2D eigenvalue weighted by atomic mass is 9.71. The minimum absolute atomic E-state index is 0.365. The molecule has 2 aromatic heterocycles. The van der Waals surface area contributed by atoms with Crippen LogP contribution in [0.2, 0.25) is 0 Å². The maximum absolute atomic E-state index is 12.8. The van der Waals surface area contributed by atoms with Crippen LogP contribution in [0, 0.1) is 6.92 Å². The van der Waals surface area contributed by atoms with E-state index in [1.54, 1.807) is 33.5 Å². The van der Waals surface area contributed by atoms with Crippen LogP contribution in [0.4, 0.5) is 0 Å². The lowest BCUT2D eigenvalue weighted by Gasteiger charge is -2.39. The summed E-state index contributed by atoms with van der Waals surface area (Å²) in [5.74, 6) is 0.687. The van der Waals surface area contributed by atoms with Crippen molar-refractivity contribution in [1.82, 2.24) is 14.9 Å². The first-order valence-electron chi connectivity index (χ1n) is 12.3. The quantitative estimate of drug-likeness (QED) is 0.330. The number of rotatable bonds is 10. The Bertz CT molecular complexity index is 1340. The summed E-state index contributed by atoms with van der Waals surface area (Å²) in [7, 11) is 8.71. The highest BCUT2D eigenvalue weighted by Gasteiger charge is 2.43. The van der Waals surface area contributed by atoms with Crippen LogP contribution in [0.3, 0.4) is 0 Å². The van der Waals surface area contributed by atoms with Crippen LogP contribution in [-0.2, 0) is 5.60 Å². The Morgan fingerprint density at radius 2 is 1.54 bits per heavy atom. The number of aliphatic hydroxyl groups is 1. The molecule has 2 atom stereocenters. The van der Waals surface area contributed by atoms with Gasteiger partial charge in [-0.25, -0.2) is 4.98 Å². The van der Waals surface area contributed by atoms with Gasteiger partial charge in [0.05, 0.1) is 26.8 Å². The third-order valence-electron chi connectivity index (χ3n) is 6.71. The molecule has 37 heavy (non-hydrogen) atoms. The summed E-state index contributed by atoms with van der Waals surface area (Å²) in [5, 5.41) is 13.8. The van der Waals surface area contributed by atoms with Crippen molar-refractivity contribution in [2.75, 3.05) is 42.0 Å². The average Bonchev–Trinajstić information content (AvgIpc) is 2.91. The van der Waals surface area contributed by atoms with Gasteiger partial charge in [0.1, 0.15) is 5.60 Å². The van der Waals surface area contributed by atoms with Gasteiger partial charge in [-0.3, -0.25) is 0 Å². The van der Waals surface area contributed by atoms with E-state index < -0.39 is 11.5 Å². The summed E-state index contributed by atoms with van der Waals surface area (Å²) >= 11 is 0. The predicted octanol–water partition coefficient (Wildman–Crippen LogP) is 4.94. The van der Waals surface area contributed by atoms with Crippen molar-refractivity contribution < 1.29 is 19.3 Å². The molecule has 7 heteroatoms. The van der Waals surface area contributed by atoms with Gasteiger partial charge < -0.3 is 24.2 Å². The zero-order valence-electron chi connectivity index (χ0n) is 22.4. The SMILES string of the molecule is COc1cc(C(O)(CCN(C)C)C(c2ccccc2)c2cc3cc(C)ccc3nc2OC)cc(OC)n1. The van der Waals surface area contributed by atoms with Crippen LogP contribution in [-0.4, -0.2) is 61.9 Å². The van der Waals surface area contributed by atoms with Gasteiger partial charge in [-0.15, -0.1) is 0 Å². The summed E-state index contributed by atoms with van der Waals surface area (Å²) in [6.07, 6.45) is 0.422. The maximum atomic E-state index is 12.8. The Morgan fingerprint density at radius 1 is 0.865 bits per heavy atom. The van der Waals surface area contributed by atoms with Gasteiger partial charge in [0, 0.05) is 35.5 Å². The molecule has 4 rings (SSSR count). The minimum atomic E-state index is -1.39. The zero-order valence-corrected chi connectivity index (χ0v) is 22.4. The van der Waals surface area contributed by atoms with Crippen molar-refractivity contribution in [2.24, 2.45) is 0 Å². The number of benzene rings is 2. The van der Waals surface area contributed by atoms with E-state index in [1.165, 1.54) is 0 Å². The Hall–Kier alpha value is -3.68. The summed E-state index contributed by atoms with van der Waals surface area (Å²) in [4.78, 5) is 11.3. The van der Waals surface area contributed by atoms with Crippen molar-refractivity contribution in [2.45, 2.75) is 24.9 Å². The first kappa shape index (κ1) is 26.4. The number of hydrogen-bond acceptors (Lipinski definition) is 7. The van der Waals surface area contributed by atoms with E-state index >= 15 is 0 Å². The van der Waals surface area contributed by atoms with Gasteiger partial charge in [0.2, 0.25) is 17.6 Å². The summed E-state index contributed by atoms with van der Waals surface area (Å²) in [5.41, 5.74) is 2.95. The molecule has 0 radical (unpaired) electrons. The van der Waals surface area contributed by atoms with Gasteiger partial charge in [0.25, 0.3) is 0 Å². The fourth-order valence-electron chi connectivity index (χ4n) is 4.81. The highest BCUT2D eigenvalue weighted by molar-refractivity contribution is 5.81. The summed E-state index contributed by atoms with van der Waals surface area (Å²) < 4.78 is 16.8. The number of aromatic nitrogens is 2. The molecule has 0 aliphatic carbocycles. The molecule has 0 saturated carbocycles. The number of ether oxygens (including phenoxy) is 3. The maximum Gasteiger partial charge on any atom is 0.217 e. The second-order valence-electron chi connectivity index (χ2n) is 9.54. The lowest BCUT2D eigenvalue weighted by Crippen LogP contribution is -2.38. The molecule has 0 saturated heterocycles. The first-order valence-corrected chi connectivity index (χ1v) is 12.3. The standard InChI is InChI=1S/C30H35N3O4/c1-20-12-13-25-22(16-20)17-24(29(31-25)37-6)28(21-10-8-7-9-11-21)30(34,14-15-33(2)3)23-18-26(35-4)32-27(19-23)36-5/h7-13,16-19,28,34H,14-15H2,1-6H3. The number of methoxy groups -OCH3 is 3. The molecule has 2 heterocycles. The van der Waals surface area contributed by atoms with Crippen LogP contribution in [0.15, 0.2) is 66.7 Å². The fraction of sp³-hybridized carbons (Fsp3) is 0.333. The second-order valence-corrected chi connectivity index (χ2v) is 9.54. The molecule has 0 aliphatic heterocycles. The van der Waals surface area contributed by atoms with E-state index in [0.717, 1.165) is 27.6 Å². The number of nitrogens with zero attached hydrogens (tertiary/aromatic N) is 3. The molecule has 2 unspecified atom stereocenters. The lowest BCUT2D eigenvalue weighted by molar-refractivity contribution is 0.00331. The van der Waals surface area contributed by atoms with Gasteiger partial charge in [-0.1, -0.05) is 42.0 Å². The molecule has 0 bridgehead atoms. The molecular formula is C30H35N3O4. The molecule has 7 nitrogen and oxygen atoms in total. The minimum Gasteiger partial charge on any atom is -0.481 e. The van der Waals surface area contributed by atoms with Crippen molar-refractivity contribution >= 4 is 10.9 Å². The molecule has 2 aromatic carbocycles. The van der Waals surface area contributed by atoms with Crippen LogP contribution in [0.25, 0.3) is 10.9 Å². The molecule has 0 amide bonds. The van der Waals surface area contributed by atoms with E-state index in [4.69, 9.17) is 19.2 Å². The topological polar surface area (TPSA) is 76.9 Å². The van der Waals surface area contributed by atoms with Crippen molar-refractivity contribution in [3.63, 3.8) is 0 Å². The van der Waals surface area contributed by atoms with Gasteiger partial charge in [-0.2, -0.15) is 4.98 Å². The highest BCUT2D eigenvalue weighted by Crippen LogP contribution is 2.48. The van der Waals surface area contributed by atoms with E-state index in [-0.39, 0.29) is 0 Å². The number of aryl methyl sites for hydroxylation is 1. The van der Waals surface area contributed by atoms with Crippen molar-refractivity contribution in [3.8, 4) is 17.6 Å². The van der Waals surface area contributed by atoms with Gasteiger partial charge >= 0.3 is 0 Å². The Balaban J connectivity index is 2.05. The van der Waals surface area contributed by atoms with E-state index in [2.05, 4.69) is 28.9 Å². The van der Waals surface area contributed by atoms with Crippen LogP contribution < -0.4 is 14.2 Å². The van der Waals surface area contributed by atoms with E-state index in [9.17, 15) is 5.11 Å². The number of hydrogen-bond donors (Lipinski definition) is 1. The average molecular weight is 502 g/mol. The molecule has 4 aromatic rings. The van der Waals surface area contributed by atoms with Crippen LogP contribution in [0.1, 0.15) is 34.6 Å². The monoisotopic (exact) mass is 501 g/mol. The van der Waals surface area contributed by atoms with E-state index in [1.807, 2.05) is 56.6 Å². The molecular weight excluding hydrogens is 466 g/mol. The highest BCUT2D eigenvalue weighted by atomic mass is 16.5. The summed E-state index contributed by atoms with van der Waals surface area (Å²) in [6.45, 7) is 2.69. The molecule has 1 N–H and O–H groups in total. The Morgan fingerprint density at radius 3 is 2.14 bits per heavy atom. The number of fused-ring (bicyclic) bond motifs is 1. The van der Waals surface area contributed by atoms with E-state index in [0.29, 0.717) is 36.2 Å². The zero-order chi connectivity index (χ0) is 26.6. The van der Waals surface area contributed by atoms with Gasteiger partial charge in [-0.05, 0) is 56.8 Å². The molecule has 0 aliphatic rings. The molecule has 194 valence electrons. The normalized spacial score (nSPS) is 13.8. The Kier molecular flexibility index (Phi) is 7.95. The molecule has 0 fully saturated rings. The third kappa shape index (κ3) is 5.53. The Labute approximate surface area is 218 Å². The number of pyridine rings is 2. The second kappa shape index (κ2) is 11.2. The van der Waals surface area contributed by atoms with Crippen LogP contribution >= 0.6 is 0 Å². The van der Waals surface area contributed by atoms with Crippen LogP contribution in [0.5, 0.6) is 17.6 Å². The molecule has 0 spiro atoms. The fourth-order valence-corrected chi connectivity index (χ4v) is 4.81. The third-order valence-corrected chi connectivity index (χ3v) is 6.71.